The number of rotatable bonds is 24. The van der Waals surface area contributed by atoms with Crippen LogP contribution in [0, 0.1) is 5.92 Å². The van der Waals surface area contributed by atoms with Gasteiger partial charge in [-0.05, 0) is 105 Å². The third-order valence-corrected chi connectivity index (χ3v) is 10.1. The van der Waals surface area contributed by atoms with E-state index in [-0.39, 0.29) is 24.0 Å². The van der Waals surface area contributed by atoms with E-state index in [4.69, 9.17) is 18.9 Å². The number of esters is 3. The second kappa shape index (κ2) is 24.2. The SMILES string of the molecule is CCCCCC[C@H](C)OC(=O)c1ccc(OC(=O)c2ccc(-c3ccc(OCCCCCCCCCCCOC(=O)C4CCCCC4)cc3)cc2)cc1. The van der Waals surface area contributed by atoms with Gasteiger partial charge in [-0.25, -0.2) is 9.59 Å². The number of hydrogen-bond acceptors (Lipinski definition) is 7. The van der Waals surface area contributed by atoms with Crippen LogP contribution in [0.15, 0.2) is 72.8 Å². The summed E-state index contributed by atoms with van der Waals surface area (Å²) in [4.78, 5) is 37.4. The molecule has 1 aliphatic carbocycles. The summed E-state index contributed by atoms with van der Waals surface area (Å²) >= 11 is 0. The molecule has 0 radical (unpaired) electrons. The monoisotopic (exact) mass is 726 g/mol. The van der Waals surface area contributed by atoms with Crippen molar-refractivity contribution >= 4 is 17.9 Å². The minimum atomic E-state index is -0.461. The van der Waals surface area contributed by atoms with Crippen molar-refractivity contribution in [2.75, 3.05) is 13.2 Å². The molecule has 1 aliphatic rings. The molecular weight excluding hydrogens is 664 g/mol. The smallest absolute Gasteiger partial charge is 0.343 e. The van der Waals surface area contributed by atoms with Crippen LogP contribution in [0.4, 0.5) is 0 Å². The van der Waals surface area contributed by atoms with Crippen LogP contribution < -0.4 is 9.47 Å². The lowest BCUT2D eigenvalue weighted by molar-refractivity contribution is -0.149. The highest BCUT2D eigenvalue weighted by atomic mass is 16.5. The third kappa shape index (κ3) is 15.8. The average Bonchev–Trinajstić information content (AvgIpc) is 3.19. The zero-order valence-corrected chi connectivity index (χ0v) is 32.3. The molecule has 0 N–H and O–H groups in total. The molecular formula is C46H62O7. The Balaban J connectivity index is 1.04. The molecule has 1 saturated carbocycles. The van der Waals surface area contributed by atoms with E-state index < -0.39 is 5.97 Å². The van der Waals surface area contributed by atoms with Gasteiger partial charge in [0.2, 0.25) is 0 Å². The van der Waals surface area contributed by atoms with Gasteiger partial charge in [-0.1, -0.05) is 115 Å². The van der Waals surface area contributed by atoms with Crippen LogP contribution in [0.3, 0.4) is 0 Å². The lowest BCUT2D eigenvalue weighted by Gasteiger charge is -2.19. The topological polar surface area (TPSA) is 88.1 Å². The van der Waals surface area contributed by atoms with E-state index in [9.17, 15) is 14.4 Å². The van der Waals surface area contributed by atoms with E-state index in [2.05, 4.69) is 6.92 Å². The van der Waals surface area contributed by atoms with E-state index in [1.165, 1.54) is 70.6 Å². The molecule has 7 heteroatoms. The molecule has 4 rings (SSSR count). The Morgan fingerprint density at radius 1 is 0.585 bits per heavy atom. The summed E-state index contributed by atoms with van der Waals surface area (Å²) in [6.07, 6.45) is 21.5. The first-order valence-corrected chi connectivity index (χ1v) is 20.5. The molecule has 1 atom stereocenters. The largest absolute Gasteiger partial charge is 0.494 e. The van der Waals surface area contributed by atoms with Crippen LogP contribution in [0.5, 0.6) is 11.5 Å². The second-order valence-electron chi connectivity index (χ2n) is 14.6. The zero-order chi connectivity index (χ0) is 37.5. The van der Waals surface area contributed by atoms with E-state index >= 15 is 0 Å². The van der Waals surface area contributed by atoms with Crippen molar-refractivity contribution in [2.24, 2.45) is 5.92 Å². The molecule has 0 spiro atoms. The van der Waals surface area contributed by atoms with Gasteiger partial charge in [-0.2, -0.15) is 0 Å². The molecule has 0 aliphatic heterocycles. The quantitative estimate of drug-likeness (QED) is 0.0516. The first kappa shape index (κ1) is 41.6. The predicted octanol–water partition coefficient (Wildman–Crippen LogP) is 12.1. The fourth-order valence-electron chi connectivity index (χ4n) is 6.80. The van der Waals surface area contributed by atoms with Gasteiger partial charge in [0.05, 0.1) is 36.4 Å². The first-order valence-electron chi connectivity index (χ1n) is 20.5. The summed E-state index contributed by atoms with van der Waals surface area (Å²) in [5, 5.41) is 0. The molecule has 0 saturated heterocycles. The fourth-order valence-corrected chi connectivity index (χ4v) is 6.80. The Kier molecular flexibility index (Phi) is 19.0. The molecule has 0 heterocycles. The summed E-state index contributed by atoms with van der Waals surface area (Å²) < 4.78 is 22.6. The highest BCUT2D eigenvalue weighted by Gasteiger charge is 2.22. The third-order valence-electron chi connectivity index (χ3n) is 10.1. The highest BCUT2D eigenvalue weighted by molar-refractivity contribution is 5.92. The standard InChI is InChI=1S/C46H62O7/c1-3-4-5-14-19-36(2)52-45(48)41-28-32-43(33-29-41)53-46(49)40-24-22-37(23-25-40)38-26-30-42(31-27-38)50-34-17-11-9-7-6-8-10-12-18-35-51-44(47)39-20-15-13-16-21-39/h22-33,36,39H,3-21,34-35H2,1-2H3/t36-/m0/s1. The molecule has 1 fully saturated rings. The fraction of sp³-hybridized carbons (Fsp3) is 0.543. The van der Waals surface area contributed by atoms with Crippen molar-refractivity contribution in [1.29, 1.82) is 0 Å². The number of ether oxygens (including phenoxy) is 4. The van der Waals surface area contributed by atoms with Crippen LogP contribution in [0.25, 0.3) is 11.1 Å². The molecule has 0 aromatic heterocycles. The van der Waals surface area contributed by atoms with Crippen LogP contribution >= 0.6 is 0 Å². The molecule has 0 unspecified atom stereocenters. The van der Waals surface area contributed by atoms with Crippen LogP contribution in [-0.4, -0.2) is 37.2 Å². The summed E-state index contributed by atoms with van der Waals surface area (Å²) in [6.45, 7) is 5.39. The molecule has 0 amide bonds. The number of benzene rings is 3. The van der Waals surface area contributed by atoms with E-state index in [0.29, 0.717) is 30.1 Å². The molecule has 7 nitrogen and oxygen atoms in total. The zero-order valence-electron chi connectivity index (χ0n) is 32.3. The van der Waals surface area contributed by atoms with Crippen molar-refractivity contribution in [3.63, 3.8) is 0 Å². The highest BCUT2D eigenvalue weighted by Crippen LogP contribution is 2.26. The first-order chi connectivity index (χ1) is 25.9. The van der Waals surface area contributed by atoms with Gasteiger partial charge in [0.1, 0.15) is 11.5 Å². The van der Waals surface area contributed by atoms with E-state index in [0.717, 1.165) is 68.2 Å². The van der Waals surface area contributed by atoms with Crippen molar-refractivity contribution in [3.8, 4) is 22.6 Å². The Morgan fingerprint density at radius 3 is 1.72 bits per heavy atom. The van der Waals surface area contributed by atoms with Crippen molar-refractivity contribution in [3.05, 3.63) is 83.9 Å². The van der Waals surface area contributed by atoms with Crippen LogP contribution in [0.1, 0.15) is 157 Å². The maximum absolute atomic E-state index is 12.8. The normalized spacial score (nSPS) is 13.6. The van der Waals surface area contributed by atoms with Gasteiger partial charge in [0.15, 0.2) is 0 Å². The van der Waals surface area contributed by atoms with Gasteiger partial charge >= 0.3 is 17.9 Å². The van der Waals surface area contributed by atoms with Gasteiger partial charge in [-0.3, -0.25) is 4.79 Å². The molecule has 0 bridgehead atoms. The molecule has 53 heavy (non-hydrogen) atoms. The number of carbonyl (C=O) groups is 3. The predicted molar refractivity (Wildman–Crippen MR) is 211 cm³/mol. The van der Waals surface area contributed by atoms with Gasteiger partial charge < -0.3 is 18.9 Å². The minimum absolute atomic E-state index is 0.0371. The maximum Gasteiger partial charge on any atom is 0.343 e. The van der Waals surface area contributed by atoms with Crippen LogP contribution in [0.2, 0.25) is 0 Å². The van der Waals surface area contributed by atoms with Gasteiger partial charge in [-0.15, -0.1) is 0 Å². The number of hydrogen-bond donors (Lipinski definition) is 0. The Morgan fingerprint density at radius 2 is 1.09 bits per heavy atom. The van der Waals surface area contributed by atoms with Crippen molar-refractivity contribution in [1.82, 2.24) is 0 Å². The lowest BCUT2D eigenvalue weighted by atomic mass is 9.89. The average molecular weight is 727 g/mol. The van der Waals surface area contributed by atoms with Crippen LogP contribution in [-0.2, 0) is 14.3 Å². The summed E-state index contributed by atoms with van der Waals surface area (Å²) in [5.74, 6) is 0.589. The van der Waals surface area contributed by atoms with E-state index in [1.54, 1.807) is 36.4 Å². The van der Waals surface area contributed by atoms with Gasteiger partial charge in [0, 0.05) is 0 Å². The maximum atomic E-state index is 12.8. The number of carbonyl (C=O) groups excluding carboxylic acids is 3. The molecule has 3 aromatic carbocycles. The summed E-state index contributed by atoms with van der Waals surface area (Å²) in [7, 11) is 0. The Hall–Kier alpha value is -4.13. The van der Waals surface area contributed by atoms with Crippen molar-refractivity contribution < 1.29 is 33.3 Å². The Bertz CT molecular complexity index is 1470. The second-order valence-corrected chi connectivity index (χ2v) is 14.6. The molecule has 288 valence electrons. The molecule has 3 aromatic rings. The minimum Gasteiger partial charge on any atom is -0.494 e. The summed E-state index contributed by atoms with van der Waals surface area (Å²) in [6, 6.07) is 21.8. The number of unbranched alkanes of at least 4 members (excludes halogenated alkanes) is 11. The Labute approximate surface area is 318 Å². The summed E-state index contributed by atoms with van der Waals surface area (Å²) in [5.41, 5.74) is 2.91. The van der Waals surface area contributed by atoms with E-state index in [1.807, 2.05) is 43.3 Å². The lowest BCUT2D eigenvalue weighted by Crippen LogP contribution is -2.20. The van der Waals surface area contributed by atoms with Crippen molar-refractivity contribution in [2.45, 2.75) is 142 Å². The van der Waals surface area contributed by atoms with Gasteiger partial charge in [0.25, 0.3) is 0 Å².